The Labute approximate surface area is 122 Å². The molecule has 0 saturated carbocycles. The monoisotopic (exact) mass is 296 g/mol. The Morgan fingerprint density at radius 2 is 1.85 bits per heavy atom. The molecule has 112 valence electrons. The highest BCUT2D eigenvalue weighted by atomic mass is 32.2. The van der Waals surface area contributed by atoms with Gasteiger partial charge in [0.2, 0.25) is 10.0 Å². The van der Waals surface area contributed by atoms with Gasteiger partial charge in [0.1, 0.15) is 0 Å². The SMILES string of the molecule is Cc1cc(N)c(C)c(S(=O)(=O)N2CCC(C)C(C)C2)c1. The third kappa shape index (κ3) is 2.69. The third-order valence-corrected chi connectivity index (χ3v) is 6.45. The summed E-state index contributed by atoms with van der Waals surface area (Å²) in [5, 5.41) is 0. The third-order valence-electron chi connectivity index (χ3n) is 4.46. The van der Waals surface area contributed by atoms with E-state index in [1.165, 1.54) is 0 Å². The molecule has 1 fully saturated rings. The van der Waals surface area contributed by atoms with Gasteiger partial charge in [-0.25, -0.2) is 8.42 Å². The number of hydrogen-bond donors (Lipinski definition) is 1. The van der Waals surface area contributed by atoms with Gasteiger partial charge in [-0.2, -0.15) is 4.31 Å². The zero-order chi connectivity index (χ0) is 15.1. The van der Waals surface area contributed by atoms with Crippen LogP contribution in [0.25, 0.3) is 0 Å². The minimum atomic E-state index is -3.44. The standard InChI is InChI=1S/C15H24N2O2S/c1-10-7-14(16)13(4)15(8-10)20(18,19)17-6-5-11(2)12(3)9-17/h7-8,11-12H,5-6,9,16H2,1-4H3. The van der Waals surface area contributed by atoms with Crippen molar-refractivity contribution in [2.75, 3.05) is 18.8 Å². The number of rotatable bonds is 2. The Balaban J connectivity index is 2.41. The van der Waals surface area contributed by atoms with E-state index in [0.717, 1.165) is 12.0 Å². The van der Waals surface area contributed by atoms with E-state index in [1.807, 2.05) is 13.0 Å². The van der Waals surface area contributed by atoms with Crippen molar-refractivity contribution in [1.82, 2.24) is 4.31 Å². The second kappa shape index (κ2) is 5.37. The Morgan fingerprint density at radius 3 is 2.45 bits per heavy atom. The van der Waals surface area contributed by atoms with Crippen molar-refractivity contribution in [3.63, 3.8) is 0 Å². The van der Waals surface area contributed by atoms with E-state index < -0.39 is 10.0 Å². The first-order chi connectivity index (χ1) is 9.23. The summed E-state index contributed by atoms with van der Waals surface area (Å²) in [6.07, 6.45) is 0.917. The smallest absolute Gasteiger partial charge is 0.243 e. The molecule has 0 spiro atoms. The molecule has 4 nitrogen and oxygen atoms in total. The molecule has 2 unspecified atom stereocenters. The van der Waals surface area contributed by atoms with Crippen molar-refractivity contribution in [3.8, 4) is 0 Å². The number of sulfonamides is 1. The predicted molar refractivity (Wildman–Crippen MR) is 82.0 cm³/mol. The fraction of sp³-hybridized carbons (Fsp3) is 0.600. The predicted octanol–water partition coefficient (Wildman–Crippen LogP) is 2.55. The number of aryl methyl sites for hydroxylation is 1. The number of hydrogen-bond acceptors (Lipinski definition) is 3. The van der Waals surface area contributed by atoms with Crippen LogP contribution in [0.15, 0.2) is 17.0 Å². The van der Waals surface area contributed by atoms with Crippen molar-refractivity contribution < 1.29 is 8.42 Å². The van der Waals surface area contributed by atoms with E-state index >= 15 is 0 Å². The molecule has 2 atom stereocenters. The summed E-state index contributed by atoms with van der Waals surface area (Å²) >= 11 is 0. The second-order valence-electron chi connectivity index (χ2n) is 6.08. The van der Waals surface area contributed by atoms with Crippen LogP contribution in [0.2, 0.25) is 0 Å². The molecule has 1 aliphatic rings. The van der Waals surface area contributed by atoms with Crippen molar-refractivity contribution >= 4 is 15.7 Å². The minimum absolute atomic E-state index is 0.358. The van der Waals surface area contributed by atoms with E-state index in [0.29, 0.717) is 41.1 Å². The van der Waals surface area contributed by atoms with Crippen molar-refractivity contribution in [3.05, 3.63) is 23.3 Å². The molecule has 1 aromatic carbocycles. The molecule has 0 radical (unpaired) electrons. The molecule has 2 N–H and O–H groups in total. The fourth-order valence-corrected chi connectivity index (χ4v) is 4.60. The topological polar surface area (TPSA) is 63.4 Å². The van der Waals surface area contributed by atoms with Crippen LogP contribution >= 0.6 is 0 Å². The molecule has 1 aromatic rings. The van der Waals surface area contributed by atoms with Gasteiger partial charge in [-0.15, -0.1) is 0 Å². The van der Waals surface area contributed by atoms with Gasteiger partial charge in [-0.1, -0.05) is 13.8 Å². The van der Waals surface area contributed by atoms with Gasteiger partial charge in [0.05, 0.1) is 4.90 Å². The number of nitrogen functional groups attached to an aromatic ring is 1. The zero-order valence-electron chi connectivity index (χ0n) is 12.7. The maximum absolute atomic E-state index is 12.8. The molecule has 1 saturated heterocycles. The summed E-state index contributed by atoms with van der Waals surface area (Å²) in [7, 11) is -3.44. The number of nitrogens with zero attached hydrogens (tertiary/aromatic N) is 1. The highest BCUT2D eigenvalue weighted by Crippen LogP contribution is 2.30. The normalized spacial score (nSPS) is 24.8. The summed E-state index contributed by atoms with van der Waals surface area (Å²) < 4.78 is 27.3. The number of nitrogens with two attached hydrogens (primary N) is 1. The van der Waals surface area contributed by atoms with E-state index in [9.17, 15) is 8.42 Å². The summed E-state index contributed by atoms with van der Waals surface area (Å²) in [6, 6.07) is 3.54. The number of benzene rings is 1. The lowest BCUT2D eigenvalue weighted by Crippen LogP contribution is -2.42. The van der Waals surface area contributed by atoms with Gasteiger partial charge in [0, 0.05) is 18.8 Å². The lowest BCUT2D eigenvalue weighted by Gasteiger charge is -2.34. The zero-order valence-corrected chi connectivity index (χ0v) is 13.5. The first-order valence-corrected chi connectivity index (χ1v) is 8.54. The van der Waals surface area contributed by atoms with Crippen molar-refractivity contribution in [2.24, 2.45) is 11.8 Å². The largest absolute Gasteiger partial charge is 0.398 e. The molecule has 0 bridgehead atoms. The van der Waals surface area contributed by atoms with Crippen LogP contribution in [0.5, 0.6) is 0 Å². The summed E-state index contributed by atoms with van der Waals surface area (Å²) in [6.45, 7) is 9.14. The quantitative estimate of drug-likeness (QED) is 0.853. The highest BCUT2D eigenvalue weighted by Gasteiger charge is 2.32. The first kappa shape index (κ1) is 15.3. The van der Waals surface area contributed by atoms with Gasteiger partial charge >= 0.3 is 0 Å². The van der Waals surface area contributed by atoms with Crippen molar-refractivity contribution in [1.29, 1.82) is 0 Å². The molecule has 20 heavy (non-hydrogen) atoms. The Kier molecular flexibility index (Phi) is 4.12. The number of anilines is 1. The van der Waals surface area contributed by atoms with Gasteiger partial charge in [0.25, 0.3) is 0 Å². The van der Waals surface area contributed by atoms with Crippen molar-refractivity contribution in [2.45, 2.75) is 39.0 Å². The van der Waals surface area contributed by atoms with E-state index in [2.05, 4.69) is 13.8 Å². The number of piperidine rings is 1. The van der Waals surface area contributed by atoms with Crippen LogP contribution in [0.3, 0.4) is 0 Å². The van der Waals surface area contributed by atoms with Crippen LogP contribution in [0.1, 0.15) is 31.4 Å². The molecular weight excluding hydrogens is 272 g/mol. The Morgan fingerprint density at radius 1 is 1.20 bits per heavy atom. The molecule has 1 aliphatic heterocycles. The van der Waals surface area contributed by atoms with E-state index in [-0.39, 0.29) is 0 Å². The van der Waals surface area contributed by atoms with Crippen LogP contribution in [0, 0.1) is 25.7 Å². The highest BCUT2D eigenvalue weighted by molar-refractivity contribution is 7.89. The maximum Gasteiger partial charge on any atom is 0.243 e. The van der Waals surface area contributed by atoms with E-state index in [4.69, 9.17) is 5.73 Å². The maximum atomic E-state index is 12.8. The fourth-order valence-electron chi connectivity index (χ4n) is 2.70. The first-order valence-electron chi connectivity index (χ1n) is 7.10. The molecule has 0 amide bonds. The molecule has 5 heteroatoms. The second-order valence-corrected chi connectivity index (χ2v) is 7.99. The lowest BCUT2D eigenvalue weighted by molar-refractivity contribution is 0.212. The molecule has 0 aliphatic carbocycles. The average Bonchev–Trinajstić information content (AvgIpc) is 2.36. The molecular formula is C15H24N2O2S. The average molecular weight is 296 g/mol. The van der Waals surface area contributed by atoms with Crippen LogP contribution in [0.4, 0.5) is 5.69 Å². The Hall–Kier alpha value is -1.07. The van der Waals surface area contributed by atoms with Crippen LogP contribution in [-0.4, -0.2) is 25.8 Å². The van der Waals surface area contributed by atoms with Gasteiger partial charge < -0.3 is 5.73 Å². The summed E-state index contributed by atoms with van der Waals surface area (Å²) in [5.41, 5.74) is 7.99. The van der Waals surface area contributed by atoms with Gasteiger partial charge in [-0.3, -0.25) is 0 Å². The minimum Gasteiger partial charge on any atom is -0.398 e. The van der Waals surface area contributed by atoms with Crippen LogP contribution < -0.4 is 5.73 Å². The molecule has 2 rings (SSSR count). The van der Waals surface area contributed by atoms with Crippen LogP contribution in [-0.2, 0) is 10.0 Å². The lowest BCUT2D eigenvalue weighted by atomic mass is 9.90. The van der Waals surface area contributed by atoms with Gasteiger partial charge in [-0.05, 0) is 55.4 Å². The molecule has 0 aromatic heterocycles. The summed E-state index contributed by atoms with van der Waals surface area (Å²) in [5.74, 6) is 0.964. The molecule has 1 heterocycles. The Bertz CT molecular complexity index is 611. The van der Waals surface area contributed by atoms with E-state index in [1.54, 1.807) is 17.3 Å². The van der Waals surface area contributed by atoms with Gasteiger partial charge in [0.15, 0.2) is 0 Å². The summed E-state index contributed by atoms with van der Waals surface area (Å²) in [4.78, 5) is 0.358.